The van der Waals surface area contributed by atoms with Gasteiger partial charge in [-0.15, -0.1) is 10.2 Å². The first-order chi connectivity index (χ1) is 12.1. The van der Waals surface area contributed by atoms with Crippen molar-refractivity contribution < 1.29 is 9.18 Å². The highest BCUT2D eigenvalue weighted by Gasteiger charge is 2.25. The van der Waals surface area contributed by atoms with Gasteiger partial charge in [0.05, 0.1) is 6.04 Å². The molecule has 1 saturated heterocycles. The topological polar surface area (TPSA) is 63.1 Å². The lowest BCUT2D eigenvalue weighted by atomic mass is 10.0. The van der Waals surface area contributed by atoms with Gasteiger partial charge in [0.25, 0.3) is 0 Å². The Balaban J connectivity index is 1.59. The molecule has 1 aromatic carbocycles. The van der Waals surface area contributed by atoms with Crippen LogP contribution in [0.4, 0.5) is 4.39 Å². The molecule has 0 spiro atoms. The summed E-state index contributed by atoms with van der Waals surface area (Å²) in [6, 6.07) is 6.71. The lowest BCUT2D eigenvalue weighted by Gasteiger charge is -2.28. The van der Waals surface area contributed by atoms with E-state index in [0.717, 1.165) is 31.8 Å². The Kier molecular flexibility index (Phi) is 5.75. The summed E-state index contributed by atoms with van der Waals surface area (Å²) in [4.78, 5) is 14.5. The quantitative estimate of drug-likeness (QED) is 0.832. The maximum atomic E-state index is 14.2. The molecule has 1 aromatic heterocycles. The van der Waals surface area contributed by atoms with Crippen molar-refractivity contribution in [1.82, 2.24) is 25.0 Å². The van der Waals surface area contributed by atoms with E-state index >= 15 is 0 Å². The third kappa shape index (κ3) is 4.42. The summed E-state index contributed by atoms with van der Waals surface area (Å²) < 4.78 is 16.0. The molecule has 134 valence electrons. The number of carbonyl (C=O) groups excluding carboxylic acids is 1. The van der Waals surface area contributed by atoms with Crippen LogP contribution in [-0.2, 0) is 18.3 Å². The standard InChI is InChI=1S/C18H24FN5O/c1-23-13-21-22-17(23)8-9-18(25)20-12-16(24-10-4-5-11-24)14-6-2-3-7-15(14)19/h2-3,6-7,13,16H,4-5,8-12H2,1H3,(H,20,25)/t16-/m0/s1. The Morgan fingerprint density at radius 3 is 2.76 bits per heavy atom. The molecule has 0 unspecified atom stereocenters. The van der Waals surface area contributed by atoms with Crippen molar-refractivity contribution >= 4 is 5.91 Å². The summed E-state index contributed by atoms with van der Waals surface area (Å²) in [6.45, 7) is 2.29. The zero-order valence-corrected chi connectivity index (χ0v) is 14.5. The number of hydrogen-bond donors (Lipinski definition) is 1. The van der Waals surface area contributed by atoms with E-state index in [-0.39, 0.29) is 17.8 Å². The minimum absolute atomic E-state index is 0.0523. The van der Waals surface area contributed by atoms with Gasteiger partial charge in [0.15, 0.2) is 0 Å². The van der Waals surface area contributed by atoms with Crippen molar-refractivity contribution in [1.29, 1.82) is 0 Å². The summed E-state index contributed by atoms with van der Waals surface area (Å²) in [6.07, 6.45) is 4.73. The highest BCUT2D eigenvalue weighted by Crippen LogP contribution is 2.26. The van der Waals surface area contributed by atoms with Crippen LogP contribution in [0.1, 0.15) is 36.7 Å². The number of aryl methyl sites for hydroxylation is 2. The van der Waals surface area contributed by atoms with Crippen LogP contribution in [0.25, 0.3) is 0 Å². The molecule has 6 nitrogen and oxygen atoms in total. The molecule has 2 aromatic rings. The highest BCUT2D eigenvalue weighted by atomic mass is 19.1. The number of nitrogens with one attached hydrogen (secondary N) is 1. The van der Waals surface area contributed by atoms with Gasteiger partial charge in [-0.2, -0.15) is 0 Å². The average molecular weight is 345 g/mol. The average Bonchev–Trinajstić information content (AvgIpc) is 3.27. The van der Waals surface area contributed by atoms with Crippen molar-refractivity contribution in [2.24, 2.45) is 7.05 Å². The van der Waals surface area contributed by atoms with Crippen molar-refractivity contribution in [2.45, 2.75) is 31.7 Å². The van der Waals surface area contributed by atoms with Crippen LogP contribution < -0.4 is 5.32 Å². The molecule has 0 aliphatic carbocycles. The number of nitrogens with zero attached hydrogens (tertiary/aromatic N) is 4. The SMILES string of the molecule is Cn1cnnc1CCC(=O)NC[C@@H](c1ccccc1F)N1CCCC1. The lowest BCUT2D eigenvalue weighted by Crippen LogP contribution is -2.37. The first-order valence-corrected chi connectivity index (χ1v) is 8.73. The normalized spacial score (nSPS) is 16.1. The third-order valence-electron chi connectivity index (χ3n) is 4.72. The van der Waals surface area contributed by atoms with Crippen LogP contribution in [0.5, 0.6) is 0 Å². The summed E-state index contributed by atoms with van der Waals surface area (Å²) in [5.74, 6) is 0.511. The molecule has 1 aliphatic heterocycles. The van der Waals surface area contributed by atoms with E-state index in [9.17, 15) is 9.18 Å². The second-order valence-corrected chi connectivity index (χ2v) is 6.44. The Morgan fingerprint density at radius 1 is 1.32 bits per heavy atom. The van der Waals surface area contributed by atoms with Gasteiger partial charge in [-0.25, -0.2) is 4.39 Å². The van der Waals surface area contributed by atoms with Crippen LogP contribution in [0.15, 0.2) is 30.6 Å². The van der Waals surface area contributed by atoms with Crippen LogP contribution in [0.2, 0.25) is 0 Å². The molecular formula is C18H24FN5O. The minimum atomic E-state index is -0.215. The summed E-state index contributed by atoms with van der Waals surface area (Å²) in [5, 5.41) is 10.8. The number of carbonyl (C=O) groups is 1. The Bertz CT molecular complexity index is 711. The largest absolute Gasteiger partial charge is 0.354 e. The Morgan fingerprint density at radius 2 is 2.08 bits per heavy atom. The van der Waals surface area contributed by atoms with Gasteiger partial charge in [-0.05, 0) is 32.0 Å². The van der Waals surface area contributed by atoms with Gasteiger partial charge < -0.3 is 9.88 Å². The van der Waals surface area contributed by atoms with Gasteiger partial charge in [-0.1, -0.05) is 18.2 Å². The maximum Gasteiger partial charge on any atom is 0.220 e. The number of halogens is 1. The second kappa shape index (κ2) is 8.20. The summed E-state index contributed by atoms with van der Waals surface area (Å²) in [7, 11) is 1.86. The molecule has 1 atom stereocenters. The number of benzene rings is 1. The third-order valence-corrected chi connectivity index (χ3v) is 4.72. The van der Waals surface area contributed by atoms with Gasteiger partial charge in [0, 0.05) is 32.0 Å². The van der Waals surface area contributed by atoms with Gasteiger partial charge in [0.1, 0.15) is 18.0 Å². The molecule has 1 amide bonds. The minimum Gasteiger partial charge on any atom is -0.354 e. The lowest BCUT2D eigenvalue weighted by molar-refractivity contribution is -0.121. The van der Waals surface area contributed by atoms with Crippen LogP contribution >= 0.6 is 0 Å². The van der Waals surface area contributed by atoms with E-state index in [4.69, 9.17) is 0 Å². The van der Waals surface area contributed by atoms with Crippen molar-refractivity contribution in [3.8, 4) is 0 Å². The number of rotatable bonds is 7. The predicted octanol–water partition coefficient (Wildman–Crippen LogP) is 1.84. The van der Waals surface area contributed by atoms with Crippen molar-refractivity contribution in [3.05, 3.63) is 47.8 Å². The highest BCUT2D eigenvalue weighted by molar-refractivity contribution is 5.76. The summed E-state index contributed by atoms with van der Waals surface area (Å²) >= 11 is 0. The van der Waals surface area contributed by atoms with E-state index in [0.29, 0.717) is 24.9 Å². The molecule has 7 heteroatoms. The molecular weight excluding hydrogens is 321 g/mol. The first kappa shape index (κ1) is 17.5. The van der Waals surface area contributed by atoms with E-state index in [1.165, 1.54) is 6.07 Å². The van der Waals surface area contributed by atoms with E-state index in [1.54, 1.807) is 17.0 Å². The van der Waals surface area contributed by atoms with Gasteiger partial charge >= 0.3 is 0 Å². The first-order valence-electron chi connectivity index (χ1n) is 8.73. The zero-order valence-electron chi connectivity index (χ0n) is 14.5. The van der Waals surface area contributed by atoms with E-state index in [2.05, 4.69) is 20.4 Å². The fourth-order valence-electron chi connectivity index (χ4n) is 3.29. The molecule has 0 saturated carbocycles. The second-order valence-electron chi connectivity index (χ2n) is 6.44. The Labute approximate surface area is 147 Å². The van der Waals surface area contributed by atoms with Crippen LogP contribution in [0, 0.1) is 5.82 Å². The monoisotopic (exact) mass is 345 g/mol. The smallest absolute Gasteiger partial charge is 0.220 e. The number of likely N-dealkylation sites (tertiary alicyclic amines) is 1. The molecule has 2 heterocycles. The van der Waals surface area contributed by atoms with E-state index in [1.807, 2.05) is 19.2 Å². The fraction of sp³-hybridized carbons (Fsp3) is 0.500. The molecule has 0 radical (unpaired) electrons. The van der Waals surface area contributed by atoms with E-state index < -0.39 is 0 Å². The fourth-order valence-corrected chi connectivity index (χ4v) is 3.29. The molecule has 0 bridgehead atoms. The van der Waals surface area contributed by atoms with Gasteiger partial charge in [0.2, 0.25) is 5.91 Å². The summed E-state index contributed by atoms with van der Waals surface area (Å²) in [5.41, 5.74) is 0.651. The van der Waals surface area contributed by atoms with Crippen molar-refractivity contribution in [2.75, 3.05) is 19.6 Å². The number of amides is 1. The maximum absolute atomic E-state index is 14.2. The predicted molar refractivity (Wildman–Crippen MR) is 92.3 cm³/mol. The zero-order chi connectivity index (χ0) is 17.6. The Hall–Kier alpha value is -2.28. The molecule has 3 rings (SSSR count). The van der Waals surface area contributed by atoms with Gasteiger partial charge in [-0.3, -0.25) is 9.69 Å². The van der Waals surface area contributed by atoms with Crippen LogP contribution in [-0.4, -0.2) is 45.2 Å². The van der Waals surface area contributed by atoms with Crippen molar-refractivity contribution in [3.63, 3.8) is 0 Å². The van der Waals surface area contributed by atoms with Crippen LogP contribution in [0.3, 0.4) is 0 Å². The number of hydrogen-bond acceptors (Lipinski definition) is 4. The molecule has 1 N–H and O–H groups in total. The number of aromatic nitrogens is 3. The molecule has 25 heavy (non-hydrogen) atoms. The molecule has 1 aliphatic rings. The molecule has 1 fully saturated rings.